The van der Waals surface area contributed by atoms with Crippen molar-refractivity contribution in [3.63, 3.8) is 0 Å². The number of hydrogen-bond donors (Lipinski definition) is 1. The number of carbonyl (C=O) groups is 1. The molecule has 1 amide bonds. The van der Waals surface area contributed by atoms with E-state index in [1.165, 1.54) is 6.07 Å². The minimum Gasteiger partial charge on any atom is -0.349 e. The summed E-state index contributed by atoms with van der Waals surface area (Å²) in [6, 6.07) is 4.73. The maximum atomic E-state index is 13.7. The predicted octanol–water partition coefficient (Wildman–Crippen LogP) is 4.14. The lowest BCUT2D eigenvalue weighted by molar-refractivity contribution is 0.0894. The molecule has 4 heteroatoms. The molecule has 104 valence electrons. The van der Waals surface area contributed by atoms with Gasteiger partial charge in [0.1, 0.15) is 5.82 Å². The van der Waals surface area contributed by atoms with Crippen LogP contribution in [-0.4, -0.2) is 11.9 Å². The third-order valence-corrected chi connectivity index (χ3v) is 4.60. The number of amides is 1. The van der Waals surface area contributed by atoms with Crippen molar-refractivity contribution < 1.29 is 9.18 Å². The van der Waals surface area contributed by atoms with E-state index >= 15 is 0 Å². The van der Waals surface area contributed by atoms with Crippen molar-refractivity contribution in [2.75, 3.05) is 0 Å². The fourth-order valence-electron chi connectivity index (χ4n) is 2.84. The maximum Gasteiger partial charge on any atom is 0.255 e. The summed E-state index contributed by atoms with van der Waals surface area (Å²) in [5.41, 5.74) is 0.105. The van der Waals surface area contributed by atoms with Gasteiger partial charge in [-0.1, -0.05) is 19.9 Å². The van der Waals surface area contributed by atoms with Gasteiger partial charge in [0.15, 0.2) is 0 Å². The molecule has 0 aromatic heterocycles. The van der Waals surface area contributed by atoms with Gasteiger partial charge in [-0.3, -0.25) is 4.79 Å². The zero-order chi connectivity index (χ0) is 14.0. The third kappa shape index (κ3) is 3.35. The van der Waals surface area contributed by atoms with Crippen LogP contribution in [0.25, 0.3) is 0 Å². The number of hydrogen-bond acceptors (Lipinski definition) is 1. The summed E-state index contributed by atoms with van der Waals surface area (Å²) in [5, 5.41) is 2.98. The number of rotatable bonds is 2. The van der Waals surface area contributed by atoms with E-state index in [1.54, 1.807) is 12.1 Å². The topological polar surface area (TPSA) is 29.1 Å². The first kappa shape index (κ1) is 14.5. The highest BCUT2D eigenvalue weighted by Gasteiger charge is 2.27. The summed E-state index contributed by atoms with van der Waals surface area (Å²) in [4.78, 5) is 12.2. The van der Waals surface area contributed by atoms with Gasteiger partial charge in [-0.2, -0.15) is 0 Å². The Morgan fingerprint density at radius 3 is 2.74 bits per heavy atom. The van der Waals surface area contributed by atoms with Crippen LogP contribution in [0, 0.1) is 17.7 Å². The Morgan fingerprint density at radius 1 is 1.37 bits per heavy atom. The molecule has 2 nitrogen and oxygen atoms in total. The average molecular weight is 328 g/mol. The highest BCUT2D eigenvalue weighted by Crippen LogP contribution is 2.29. The standard InChI is InChI=1S/C15H19BrFNO/c1-9-6-7-13(10(2)8-9)18-15(19)14-11(16)4-3-5-12(14)17/h3-5,9-10,13H,6-8H2,1-2H3,(H,18,19). The van der Waals surface area contributed by atoms with Crippen LogP contribution in [0.4, 0.5) is 4.39 Å². The quantitative estimate of drug-likeness (QED) is 0.868. The number of carbonyl (C=O) groups excluding carboxylic acids is 1. The molecule has 0 saturated heterocycles. The lowest BCUT2D eigenvalue weighted by atomic mass is 9.80. The fourth-order valence-corrected chi connectivity index (χ4v) is 3.36. The van der Waals surface area contributed by atoms with Gasteiger partial charge >= 0.3 is 0 Å². The second-order valence-electron chi connectivity index (χ2n) is 5.57. The molecule has 0 aliphatic heterocycles. The SMILES string of the molecule is CC1CCC(NC(=O)c2c(F)cccc2Br)C(C)C1. The molecule has 3 atom stereocenters. The van der Waals surface area contributed by atoms with E-state index < -0.39 is 5.82 Å². The van der Waals surface area contributed by atoms with E-state index in [2.05, 4.69) is 35.1 Å². The van der Waals surface area contributed by atoms with Crippen LogP contribution in [0.5, 0.6) is 0 Å². The second kappa shape index (κ2) is 6.04. The number of nitrogens with one attached hydrogen (secondary N) is 1. The van der Waals surface area contributed by atoms with E-state index in [-0.39, 0.29) is 17.5 Å². The van der Waals surface area contributed by atoms with Crippen LogP contribution in [-0.2, 0) is 0 Å². The van der Waals surface area contributed by atoms with Crippen molar-refractivity contribution in [3.8, 4) is 0 Å². The summed E-state index contributed by atoms with van der Waals surface area (Å²) in [5.74, 6) is 0.349. The zero-order valence-corrected chi connectivity index (χ0v) is 12.8. The number of halogens is 2. The summed E-state index contributed by atoms with van der Waals surface area (Å²) >= 11 is 3.24. The zero-order valence-electron chi connectivity index (χ0n) is 11.2. The van der Waals surface area contributed by atoms with E-state index in [0.717, 1.165) is 19.3 Å². The third-order valence-electron chi connectivity index (χ3n) is 3.94. The van der Waals surface area contributed by atoms with Gasteiger partial charge in [0.25, 0.3) is 5.91 Å². The Hall–Kier alpha value is -0.900. The van der Waals surface area contributed by atoms with Gasteiger partial charge in [-0.05, 0) is 59.2 Å². The molecule has 1 aromatic rings. The Bertz CT molecular complexity index is 457. The first-order valence-electron chi connectivity index (χ1n) is 6.74. The largest absolute Gasteiger partial charge is 0.349 e. The van der Waals surface area contributed by atoms with Gasteiger partial charge in [0, 0.05) is 10.5 Å². The Labute approximate surface area is 121 Å². The van der Waals surface area contributed by atoms with Gasteiger partial charge in [-0.25, -0.2) is 4.39 Å². The molecular formula is C15H19BrFNO. The molecule has 0 spiro atoms. The molecule has 0 heterocycles. The van der Waals surface area contributed by atoms with E-state index in [1.807, 2.05) is 0 Å². The Balaban J connectivity index is 2.09. The molecule has 1 aromatic carbocycles. The molecule has 1 saturated carbocycles. The lowest BCUT2D eigenvalue weighted by Crippen LogP contribution is -2.42. The minimum atomic E-state index is -0.483. The normalized spacial score (nSPS) is 27.1. The van der Waals surface area contributed by atoms with Gasteiger partial charge in [-0.15, -0.1) is 0 Å². The van der Waals surface area contributed by atoms with Crippen molar-refractivity contribution in [2.24, 2.45) is 11.8 Å². The van der Waals surface area contributed by atoms with Crippen LogP contribution in [0.15, 0.2) is 22.7 Å². The van der Waals surface area contributed by atoms with Crippen molar-refractivity contribution in [1.82, 2.24) is 5.32 Å². The Morgan fingerprint density at radius 2 is 2.11 bits per heavy atom. The molecule has 0 radical (unpaired) electrons. The smallest absolute Gasteiger partial charge is 0.255 e. The molecule has 2 rings (SSSR count). The lowest BCUT2D eigenvalue weighted by Gasteiger charge is -2.33. The minimum absolute atomic E-state index is 0.105. The van der Waals surface area contributed by atoms with Gasteiger partial charge < -0.3 is 5.32 Å². The Kier molecular flexibility index (Phi) is 4.61. The van der Waals surface area contributed by atoms with Crippen LogP contribution in [0.2, 0.25) is 0 Å². The van der Waals surface area contributed by atoms with Crippen LogP contribution < -0.4 is 5.32 Å². The predicted molar refractivity (Wildman–Crippen MR) is 77.5 cm³/mol. The highest BCUT2D eigenvalue weighted by molar-refractivity contribution is 9.10. The van der Waals surface area contributed by atoms with Crippen molar-refractivity contribution in [2.45, 2.75) is 39.2 Å². The van der Waals surface area contributed by atoms with E-state index in [0.29, 0.717) is 16.3 Å². The highest BCUT2D eigenvalue weighted by atomic mass is 79.9. The molecule has 19 heavy (non-hydrogen) atoms. The molecule has 3 unspecified atom stereocenters. The van der Waals surface area contributed by atoms with Gasteiger partial charge in [0.05, 0.1) is 5.56 Å². The maximum absolute atomic E-state index is 13.7. The van der Waals surface area contributed by atoms with Crippen LogP contribution >= 0.6 is 15.9 Å². The summed E-state index contributed by atoms with van der Waals surface area (Å²) < 4.78 is 14.2. The molecule has 0 bridgehead atoms. The summed E-state index contributed by atoms with van der Waals surface area (Å²) in [7, 11) is 0. The van der Waals surface area contributed by atoms with E-state index in [4.69, 9.17) is 0 Å². The monoisotopic (exact) mass is 327 g/mol. The average Bonchev–Trinajstić information content (AvgIpc) is 2.32. The van der Waals surface area contributed by atoms with Crippen LogP contribution in [0.1, 0.15) is 43.5 Å². The summed E-state index contributed by atoms with van der Waals surface area (Å²) in [6.07, 6.45) is 3.21. The first-order valence-corrected chi connectivity index (χ1v) is 7.53. The van der Waals surface area contributed by atoms with Crippen LogP contribution in [0.3, 0.4) is 0 Å². The van der Waals surface area contributed by atoms with Gasteiger partial charge in [0.2, 0.25) is 0 Å². The molecule has 1 N–H and O–H groups in total. The summed E-state index contributed by atoms with van der Waals surface area (Å²) in [6.45, 7) is 4.39. The van der Waals surface area contributed by atoms with E-state index in [9.17, 15) is 9.18 Å². The second-order valence-corrected chi connectivity index (χ2v) is 6.43. The molecule has 1 aliphatic rings. The fraction of sp³-hybridized carbons (Fsp3) is 0.533. The molecule has 1 aliphatic carbocycles. The van der Waals surface area contributed by atoms with Crippen molar-refractivity contribution in [3.05, 3.63) is 34.1 Å². The molecular weight excluding hydrogens is 309 g/mol. The van der Waals surface area contributed by atoms with Crippen molar-refractivity contribution >= 4 is 21.8 Å². The first-order chi connectivity index (χ1) is 8.99. The molecule has 1 fully saturated rings. The number of benzene rings is 1. The van der Waals surface area contributed by atoms with Crippen molar-refractivity contribution in [1.29, 1.82) is 0 Å².